The van der Waals surface area contributed by atoms with E-state index in [1.165, 1.54) is 24.4 Å². The van der Waals surface area contributed by atoms with Gasteiger partial charge in [-0.1, -0.05) is 6.07 Å². The second-order valence-electron chi connectivity index (χ2n) is 5.84. The van der Waals surface area contributed by atoms with E-state index in [0.717, 1.165) is 17.2 Å². The topological polar surface area (TPSA) is 95.0 Å². The lowest BCUT2D eigenvalue weighted by molar-refractivity contribution is 0.415. The summed E-state index contributed by atoms with van der Waals surface area (Å²) in [5, 5.41) is 8.77. The molecule has 0 fully saturated rings. The number of methoxy groups -OCH3 is 1. The van der Waals surface area contributed by atoms with Crippen LogP contribution in [0.25, 0.3) is 11.3 Å². The van der Waals surface area contributed by atoms with Crippen LogP contribution in [-0.4, -0.2) is 20.5 Å². The number of anilines is 1. The van der Waals surface area contributed by atoms with Crippen molar-refractivity contribution in [1.29, 1.82) is 5.26 Å². The number of nitrogens with zero attached hydrogens (tertiary/aromatic N) is 1. The van der Waals surface area contributed by atoms with Gasteiger partial charge in [0, 0.05) is 17.5 Å². The molecule has 0 amide bonds. The van der Waals surface area contributed by atoms with Crippen molar-refractivity contribution in [2.24, 2.45) is 0 Å². The number of rotatable bonds is 5. The number of halogens is 1. The molecular weight excluding hydrogens is 369 g/mol. The minimum atomic E-state index is -4.01. The zero-order chi connectivity index (χ0) is 19.6. The minimum Gasteiger partial charge on any atom is -0.497 e. The predicted molar refractivity (Wildman–Crippen MR) is 99.4 cm³/mol. The highest BCUT2D eigenvalue weighted by atomic mass is 32.2. The van der Waals surface area contributed by atoms with Crippen LogP contribution in [0.2, 0.25) is 0 Å². The van der Waals surface area contributed by atoms with Gasteiger partial charge in [0.05, 0.1) is 24.4 Å². The third kappa shape index (κ3) is 3.78. The molecule has 3 aromatic rings. The standard InChI is InChI=1S/C19H16FN3O3S/c1-12-3-5-14(26-2)8-16(12)19-9-15(11-22-19)27(24,25)23-18-6-4-13(10-21)7-17(18)20/h3-9,11,22-23H,1-2H3. The highest BCUT2D eigenvalue weighted by molar-refractivity contribution is 7.92. The van der Waals surface area contributed by atoms with Crippen molar-refractivity contribution >= 4 is 15.7 Å². The number of hydrogen-bond acceptors (Lipinski definition) is 4. The SMILES string of the molecule is COc1ccc(C)c(-c2cc(S(=O)(=O)Nc3ccc(C#N)cc3F)c[nH]2)c1. The number of H-pyrrole nitrogens is 1. The van der Waals surface area contributed by atoms with Crippen molar-refractivity contribution in [3.63, 3.8) is 0 Å². The van der Waals surface area contributed by atoms with E-state index in [-0.39, 0.29) is 16.1 Å². The molecule has 0 atom stereocenters. The lowest BCUT2D eigenvalue weighted by Gasteiger charge is -2.08. The first kappa shape index (κ1) is 18.5. The molecule has 138 valence electrons. The molecule has 6 nitrogen and oxygen atoms in total. The summed E-state index contributed by atoms with van der Waals surface area (Å²) in [6, 6.07) is 12.3. The third-order valence-corrected chi connectivity index (χ3v) is 5.39. The van der Waals surface area contributed by atoms with E-state index in [4.69, 9.17) is 10.00 Å². The molecule has 8 heteroatoms. The molecule has 0 saturated heterocycles. The molecule has 0 radical (unpaired) electrons. The summed E-state index contributed by atoms with van der Waals surface area (Å²) in [5.74, 6) is -0.176. The van der Waals surface area contributed by atoms with Crippen molar-refractivity contribution in [1.82, 2.24) is 4.98 Å². The number of aromatic nitrogens is 1. The van der Waals surface area contributed by atoms with Crippen molar-refractivity contribution in [2.75, 3.05) is 11.8 Å². The van der Waals surface area contributed by atoms with Gasteiger partial charge in [0.2, 0.25) is 0 Å². The second-order valence-corrected chi connectivity index (χ2v) is 7.52. The molecule has 0 aliphatic heterocycles. The minimum absolute atomic E-state index is 0.0384. The summed E-state index contributed by atoms with van der Waals surface area (Å²) in [7, 11) is -2.46. The van der Waals surface area contributed by atoms with Crippen LogP contribution >= 0.6 is 0 Å². The van der Waals surface area contributed by atoms with Crippen LogP contribution in [0.5, 0.6) is 5.75 Å². The van der Waals surface area contributed by atoms with Crippen molar-refractivity contribution in [3.8, 4) is 23.1 Å². The van der Waals surface area contributed by atoms with Crippen molar-refractivity contribution in [3.05, 3.63) is 65.6 Å². The summed E-state index contributed by atoms with van der Waals surface area (Å²) in [5.41, 5.74) is 2.20. The lowest BCUT2D eigenvalue weighted by atomic mass is 10.1. The zero-order valence-electron chi connectivity index (χ0n) is 14.6. The Balaban J connectivity index is 1.93. The first-order valence-electron chi connectivity index (χ1n) is 7.90. The number of aromatic amines is 1. The van der Waals surface area contributed by atoms with E-state index in [2.05, 4.69) is 9.71 Å². The van der Waals surface area contributed by atoms with E-state index in [1.807, 2.05) is 19.1 Å². The molecule has 3 rings (SSSR count). The molecule has 1 aromatic heterocycles. The van der Waals surface area contributed by atoms with Gasteiger partial charge in [-0.2, -0.15) is 5.26 Å². The fraction of sp³-hybridized carbons (Fsp3) is 0.105. The van der Waals surface area contributed by atoms with Gasteiger partial charge in [-0.3, -0.25) is 4.72 Å². The molecule has 2 N–H and O–H groups in total. The molecule has 0 saturated carbocycles. The summed E-state index contributed by atoms with van der Waals surface area (Å²) in [6.45, 7) is 1.90. The average Bonchev–Trinajstić information content (AvgIpc) is 3.14. The number of nitriles is 1. The van der Waals surface area contributed by atoms with Crippen LogP contribution in [-0.2, 0) is 10.0 Å². The highest BCUT2D eigenvalue weighted by Gasteiger charge is 2.19. The second kappa shape index (κ2) is 7.13. The molecule has 0 unspecified atom stereocenters. The molecular formula is C19H16FN3O3S. The maximum Gasteiger partial charge on any atom is 0.263 e. The van der Waals surface area contributed by atoms with Gasteiger partial charge in [-0.25, -0.2) is 12.8 Å². The summed E-state index contributed by atoms with van der Waals surface area (Å²) >= 11 is 0. The Bertz CT molecular complexity index is 1150. The summed E-state index contributed by atoms with van der Waals surface area (Å²) in [4.78, 5) is 2.89. The van der Waals surface area contributed by atoms with Gasteiger partial charge < -0.3 is 9.72 Å². The molecule has 27 heavy (non-hydrogen) atoms. The Hall–Kier alpha value is -3.31. The van der Waals surface area contributed by atoms with Crippen LogP contribution in [0, 0.1) is 24.1 Å². The quantitative estimate of drug-likeness (QED) is 0.698. The Morgan fingerprint density at radius 3 is 2.63 bits per heavy atom. The highest BCUT2D eigenvalue weighted by Crippen LogP contribution is 2.29. The smallest absolute Gasteiger partial charge is 0.263 e. The van der Waals surface area contributed by atoms with E-state index in [9.17, 15) is 12.8 Å². The van der Waals surface area contributed by atoms with Crippen LogP contribution in [0.4, 0.5) is 10.1 Å². The van der Waals surface area contributed by atoms with Crippen LogP contribution < -0.4 is 9.46 Å². The average molecular weight is 385 g/mol. The molecule has 1 heterocycles. The van der Waals surface area contributed by atoms with E-state index in [1.54, 1.807) is 19.2 Å². The largest absolute Gasteiger partial charge is 0.497 e. The first-order chi connectivity index (χ1) is 12.8. The molecule has 0 aliphatic rings. The van der Waals surface area contributed by atoms with Crippen LogP contribution in [0.1, 0.15) is 11.1 Å². The summed E-state index contributed by atoms with van der Waals surface area (Å²) < 4.78 is 46.5. The number of nitrogens with one attached hydrogen (secondary N) is 2. The number of aryl methyl sites for hydroxylation is 1. The van der Waals surface area contributed by atoms with Gasteiger partial charge in [0.15, 0.2) is 0 Å². The van der Waals surface area contributed by atoms with Gasteiger partial charge in [0.1, 0.15) is 16.5 Å². The zero-order valence-corrected chi connectivity index (χ0v) is 15.4. The summed E-state index contributed by atoms with van der Waals surface area (Å²) in [6.07, 6.45) is 1.33. The third-order valence-electron chi connectivity index (χ3n) is 4.04. The predicted octanol–water partition coefficient (Wildman–Crippen LogP) is 3.81. The van der Waals surface area contributed by atoms with Crippen molar-refractivity contribution < 1.29 is 17.5 Å². The lowest BCUT2D eigenvalue weighted by Crippen LogP contribution is -2.13. The Kier molecular flexibility index (Phi) is 4.88. The van der Waals surface area contributed by atoms with Crippen LogP contribution in [0.15, 0.2) is 53.6 Å². The van der Waals surface area contributed by atoms with Gasteiger partial charge in [0.25, 0.3) is 10.0 Å². The molecule has 0 bridgehead atoms. The number of ether oxygens (including phenoxy) is 1. The Morgan fingerprint density at radius 2 is 1.96 bits per heavy atom. The Labute approximate surface area is 156 Å². The first-order valence-corrected chi connectivity index (χ1v) is 9.38. The number of benzene rings is 2. The number of hydrogen-bond donors (Lipinski definition) is 2. The monoisotopic (exact) mass is 385 g/mol. The van der Waals surface area contributed by atoms with Gasteiger partial charge in [-0.15, -0.1) is 0 Å². The number of sulfonamides is 1. The fourth-order valence-corrected chi connectivity index (χ4v) is 3.63. The normalized spacial score (nSPS) is 11.0. The maximum atomic E-state index is 14.0. The Morgan fingerprint density at radius 1 is 1.19 bits per heavy atom. The van der Waals surface area contributed by atoms with Gasteiger partial charge >= 0.3 is 0 Å². The molecule has 0 aliphatic carbocycles. The molecule has 2 aromatic carbocycles. The van der Waals surface area contributed by atoms with E-state index >= 15 is 0 Å². The van der Waals surface area contributed by atoms with E-state index in [0.29, 0.717) is 11.4 Å². The van der Waals surface area contributed by atoms with Crippen molar-refractivity contribution in [2.45, 2.75) is 11.8 Å². The maximum absolute atomic E-state index is 14.0. The van der Waals surface area contributed by atoms with E-state index < -0.39 is 15.8 Å². The van der Waals surface area contributed by atoms with Gasteiger partial charge in [-0.05, 0) is 48.9 Å². The molecule has 0 spiro atoms. The van der Waals surface area contributed by atoms with Crippen LogP contribution in [0.3, 0.4) is 0 Å². The fourth-order valence-electron chi connectivity index (χ4n) is 2.57.